The normalized spacial score (nSPS) is 11.6. The van der Waals surface area contributed by atoms with Crippen LogP contribution in [0, 0.1) is 0 Å². The molecule has 0 spiro atoms. The summed E-state index contributed by atoms with van der Waals surface area (Å²) in [6.07, 6.45) is 0. The maximum atomic E-state index is 6.24. The molecule has 0 bridgehead atoms. The first-order chi connectivity index (χ1) is 19.3. The van der Waals surface area contributed by atoms with Crippen LogP contribution < -0.4 is 5.32 Å². The lowest BCUT2D eigenvalue weighted by Gasteiger charge is -2.11. The molecule has 3 heteroatoms. The molecule has 0 unspecified atom stereocenters. The molecular weight excluding hydrogens is 476 g/mol. The molecular formula is C36H24N2O. The molecule has 0 radical (unpaired) electrons. The van der Waals surface area contributed by atoms with Crippen LogP contribution in [0.5, 0.6) is 0 Å². The van der Waals surface area contributed by atoms with E-state index in [2.05, 4.69) is 137 Å². The lowest BCUT2D eigenvalue weighted by atomic mass is 10.0. The Hall–Kier alpha value is -5.28. The Kier molecular flexibility index (Phi) is 4.82. The molecule has 0 aliphatic carbocycles. The standard InChI is InChI=1S/C36H24N2O/c1-4-13-33-29(8-1)30-9-2-5-14-34(30)38(33)27-22-20-26(21-23-27)37-25-18-16-24(17-19-25)28-11-7-12-32-31-10-3-6-15-35(31)39-36(28)32/h1-23,37H. The fourth-order valence-electron chi connectivity index (χ4n) is 5.77. The van der Waals surface area contributed by atoms with Gasteiger partial charge in [-0.3, -0.25) is 0 Å². The molecule has 184 valence electrons. The van der Waals surface area contributed by atoms with Gasteiger partial charge in [0.1, 0.15) is 11.2 Å². The molecule has 0 amide bonds. The summed E-state index contributed by atoms with van der Waals surface area (Å²) in [5.74, 6) is 0. The zero-order chi connectivity index (χ0) is 25.8. The van der Waals surface area contributed by atoms with Crippen molar-refractivity contribution in [1.82, 2.24) is 4.57 Å². The van der Waals surface area contributed by atoms with Crippen LogP contribution in [0.1, 0.15) is 0 Å². The highest BCUT2D eigenvalue weighted by molar-refractivity contribution is 6.10. The van der Waals surface area contributed by atoms with E-state index in [1.54, 1.807) is 0 Å². The number of hydrogen-bond donors (Lipinski definition) is 1. The third-order valence-corrected chi connectivity index (χ3v) is 7.59. The minimum Gasteiger partial charge on any atom is -0.455 e. The number of anilines is 2. The van der Waals surface area contributed by atoms with Crippen LogP contribution in [0.2, 0.25) is 0 Å². The van der Waals surface area contributed by atoms with E-state index in [1.165, 1.54) is 21.8 Å². The topological polar surface area (TPSA) is 30.1 Å². The van der Waals surface area contributed by atoms with Gasteiger partial charge >= 0.3 is 0 Å². The van der Waals surface area contributed by atoms with Crippen LogP contribution in [-0.4, -0.2) is 4.57 Å². The van der Waals surface area contributed by atoms with E-state index in [0.717, 1.165) is 50.1 Å². The first-order valence-electron chi connectivity index (χ1n) is 13.2. The summed E-state index contributed by atoms with van der Waals surface area (Å²) < 4.78 is 8.58. The minimum absolute atomic E-state index is 0.919. The molecule has 39 heavy (non-hydrogen) atoms. The monoisotopic (exact) mass is 500 g/mol. The smallest absolute Gasteiger partial charge is 0.143 e. The van der Waals surface area contributed by atoms with Crippen LogP contribution in [0.4, 0.5) is 11.4 Å². The summed E-state index contributed by atoms with van der Waals surface area (Å²) in [5.41, 5.74) is 9.75. The first kappa shape index (κ1) is 21.8. The fourth-order valence-corrected chi connectivity index (χ4v) is 5.77. The van der Waals surface area contributed by atoms with Crippen molar-refractivity contribution in [2.45, 2.75) is 0 Å². The average molecular weight is 501 g/mol. The van der Waals surface area contributed by atoms with Gasteiger partial charge in [0.05, 0.1) is 11.0 Å². The van der Waals surface area contributed by atoms with E-state index < -0.39 is 0 Å². The van der Waals surface area contributed by atoms with Crippen molar-refractivity contribution in [3.05, 3.63) is 140 Å². The Morgan fingerprint density at radius 1 is 0.462 bits per heavy atom. The van der Waals surface area contributed by atoms with E-state index in [9.17, 15) is 0 Å². The molecule has 0 saturated heterocycles. The average Bonchev–Trinajstić information content (AvgIpc) is 3.54. The number of fused-ring (bicyclic) bond motifs is 6. The Bertz CT molecular complexity index is 2080. The van der Waals surface area contributed by atoms with Crippen LogP contribution in [0.15, 0.2) is 144 Å². The highest BCUT2D eigenvalue weighted by atomic mass is 16.3. The van der Waals surface area contributed by atoms with Gasteiger partial charge in [-0.1, -0.05) is 84.9 Å². The Balaban J connectivity index is 1.10. The van der Waals surface area contributed by atoms with Crippen LogP contribution in [0.3, 0.4) is 0 Å². The van der Waals surface area contributed by atoms with E-state index in [4.69, 9.17) is 4.42 Å². The molecule has 0 aliphatic heterocycles. The number of hydrogen-bond acceptors (Lipinski definition) is 2. The van der Waals surface area contributed by atoms with E-state index in [0.29, 0.717) is 0 Å². The minimum atomic E-state index is 0.919. The lowest BCUT2D eigenvalue weighted by molar-refractivity contribution is 0.670. The Morgan fingerprint density at radius 2 is 1.03 bits per heavy atom. The second kappa shape index (κ2) is 8.64. The number of benzene rings is 6. The summed E-state index contributed by atoms with van der Waals surface area (Å²) >= 11 is 0. The molecule has 8 aromatic rings. The van der Waals surface area contributed by atoms with Gasteiger partial charge in [-0.15, -0.1) is 0 Å². The summed E-state index contributed by atoms with van der Waals surface area (Å²) in [7, 11) is 0. The van der Waals surface area contributed by atoms with Crippen molar-refractivity contribution in [2.24, 2.45) is 0 Å². The molecule has 0 fully saturated rings. The molecule has 0 aliphatic rings. The van der Waals surface area contributed by atoms with Gasteiger partial charge in [-0.05, 0) is 60.2 Å². The molecule has 0 saturated carbocycles. The molecule has 8 rings (SSSR count). The summed E-state index contributed by atoms with van der Waals surface area (Å²) in [6, 6.07) is 48.9. The van der Waals surface area contributed by atoms with Crippen molar-refractivity contribution in [3.8, 4) is 16.8 Å². The number of nitrogens with zero attached hydrogens (tertiary/aromatic N) is 1. The van der Waals surface area contributed by atoms with Gasteiger partial charge < -0.3 is 14.3 Å². The number of furan rings is 1. The zero-order valence-corrected chi connectivity index (χ0v) is 21.1. The second-order valence-electron chi connectivity index (χ2n) is 9.90. The van der Waals surface area contributed by atoms with Crippen LogP contribution in [-0.2, 0) is 0 Å². The summed E-state index contributed by atoms with van der Waals surface area (Å²) in [5, 5.41) is 8.40. The van der Waals surface area contributed by atoms with Gasteiger partial charge in [-0.2, -0.15) is 0 Å². The molecule has 3 nitrogen and oxygen atoms in total. The summed E-state index contributed by atoms with van der Waals surface area (Å²) in [4.78, 5) is 0. The lowest BCUT2D eigenvalue weighted by Crippen LogP contribution is -1.95. The van der Waals surface area contributed by atoms with Crippen molar-refractivity contribution in [2.75, 3.05) is 5.32 Å². The largest absolute Gasteiger partial charge is 0.455 e. The highest BCUT2D eigenvalue weighted by Gasteiger charge is 2.13. The maximum Gasteiger partial charge on any atom is 0.143 e. The number of rotatable bonds is 4. The maximum absolute atomic E-state index is 6.24. The first-order valence-corrected chi connectivity index (χ1v) is 13.2. The molecule has 0 atom stereocenters. The van der Waals surface area contributed by atoms with E-state index >= 15 is 0 Å². The second-order valence-corrected chi connectivity index (χ2v) is 9.90. The van der Waals surface area contributed by atoms with E-state index in [1.807, 2.05) is 12.1 Å². The summed E-state index contributed by atoms with van der Waals surface area (Å²) in [6.45, 7) is 0. The van der Waals surface area contributed by atoms with Crippen molar-refractivity contribution < 1.29 is 4.42 Å². The molecule has 1 N–H and O–H groups in total. The van der Waals surface area contributed by atoms with E-state index in [-0.39, 0.29) is 0 Å². The van der Waals surface area contributed by atoms with Gasteiger partial charge in [0.15, 0.2) is 0 Å². The molecule has 6 aromatic carbocycles. The van der Waals surface area contributed by atoms with Gasteiger partial charge in [0.25, 0.3) is 0 Å². The van der Waals surface area contributed by atoms with Crippen molar-refractivity contribution >= 4 is 55.1 Å². The van der Waals surface area contributed by atoms with Crippen molar-refractivity contribution in [3.63, 3.8) is 0 Å². The van der Waals surface area contributed by atoms with Crippen LogP contribution >= 0.6 is 0 Å². The van der Waals surface area contributed by atoms with Gasteiger partial charge in [0.2, 0.25) is 0 Å². The highest BCUT2D eigenvalue weighted by Crippen LogP contribution is 2.36. The quantitative estimate of drug-likeness (QED) is 0.260. The number of nitrogens with one attached hydrogen (secondary N) is 1. The SMILES string of the molecule is c1ccc2c(c1)oc1c(-c3ccc(Nc4ccc(-n5c6ccccc6c6ccccc65)cc4)cc3)cccc12. The van der Waals surface area contributed by atoms with Crippen molar-refractivity contribution in [1.29, 1.82) is 0 Å². The van der Waals surface area contributed by atoms with Crippen LogP contribution in [0.25, 0.3) is 60.6 Å². The molecule has 2 heterocycles. The number of aromatic nitrogens is 1. The number of para-hydroxylation sites is 4. The van der Waals surface area contributed by atoms with Gasteiger partial charge in [-0.25, -0.2) is 0 Å². The Morgan fingerprint density at radius 3 is 1.72 bits per heavy atom. The van der Waals surface area contributed by atoms with Gasteiger partial charge in [0, 0.05) is 44.2 Å². The molecule has 2 aromatic heterocycles. The zero-order valence-electron chi connectivity index (χ0n) is 21.1. The predicted octanol–water partition coefficient (Wildman–Crippen LogP) is 10.1. The fraction of sp³-hybridized carbons (Fsp3) is 0. The third kappa shape index (κ3) is 3.52. The third-order valence-electron chi connectivity index (χ3n) is 7.59. The predicted molar refractivity (Wildman–Crippen MR) is 163 cm³/mol. The Labute approximate surface area is 225 Å².